The number of anilines is 1. The SMILES string of the molecule is O=C(c1cccc(N2C(=O)[C@@H]3[C@H](C2=O)[C@H]2C=C[C@H]3C2)c1)N1CCc2ccccc2C1. The van der Waals surface area contributed by atoms with Gasteiger partial charge in [0, 0.05) is 18.7 Å². The number of nitrogens with zero attached hydrogens (tertiary/aromatic N) is 2. The van der Waals surface area contributed by atoms with Crippen molar-refractivity contribution in [1.29, 1.82) is 0 Å². The van der Waals surface area contributed by atoms with Gasteiger partial charge in [0.15, 0.2) is 0 Å². The third-order valence-corrected chi connectivity index (χ3v) is 7.24. The lowest BCUT2D eigenvalue weighted by atomic mass is 9.85. The van der Waals surface area contributed by atoms with Gasteiger partial charge in [-0.15, -0.1) is 0 Å². The normalized spacial score (nSPS) is 28.8. The van der Waals surface area contributed by atoms with Crippen molar-refractivity contribution in [2.45, 2.75) is 19.4 Å². The highest BCUT2D eigenvalue weighted by Crippen LogP contribution is 2.53. The van der Waals surface area contributed by atoms with E-state index in [1.807, 2.05) is 17.0 Å². The van der Waals surface area contributed by atoms with Crippen LogP contribution in [0.5, 0.6) is 0 Å². The topological polar surface area (TPSA) is 57.7 Å². The number of allylic oxidation sites excluding steroid dienone is 2. The summed E-state index contributed by atoms with van der Waals surface area (Å²) in [6, 6.07) is 15.2. The second kappa shape index (κ2) is 6.39. The number of imide groups is 1. The van der Waals surface area contributed by atoms with Crippen molar-refractivity contribution >= 4 is 23.4 Å². The number of rotatable bonds is 2. The summed E-state index contributed by atoms with van der Waals surface area (Å²) in [4.78, 5) is 42.5. The van der Waals surface area contributed by atoms with E-state index in [2.05, 4.69) is 24.3 Å². The Balaban J connectivity index is 1.27. The van der Waals surface area contributed by atoms with Crippen LogP contribution < -0.4 is 4.90 Å². The molecule has 2 aromatic carbocycles. The smallest absolute Gasteiger partial charge is 0.254 e. The van der Waals surface area contributed by atoms with Crippen molar-refractivity contribution in [2.24, 2.45) is 23.7 Å². The Morgan fingerprint density at radius 2 is 1.57 bits per heavy atom. The third-order valence-electron chi connectivity index (χ3n) is 7.24. The Bertz CT molecular complexity index is 1090. The van der Waals surface area contributed by atoms with Gasteiger partial charge in [-0.2, -0.15) is 0 Å². The molecule has 2 bridgehead atoms. The van der Waals surface area contributed by atoms with E-state index in [0.29, 0.717) is 24.3 Å². The Morgan fingerprint density at radius 3 is 2.30 bits per heavy atom. The average Bonchev–Trinajstić information content (AvgIpc) is 3.46. The number of hydrogen-bond donors (Lipinski definition) is 0. The molecule has 5 nitrogen and oxygen atoms in total. The molecule has 6 rings (SSSR count). The summed E-state index contributed by atoms with van der Waals surface area (Å²) in [7, 11) is 0. The van der Waals surface area contributed by atoms with Crippen molar-refractivity contribution in [3.05, 3.63) is 77.4 Å². The van der Waals surface area contributed by atoms with Crippen LogP contribution in [0.25, 0.3) is 0 Å². The van der Waals surface area contributed by atoms with Crippen molar-refractivity contribution in [1.82, 2.24) is 4.90 Å². The van der Waals surface area contributed by atoms with Gasteiger partial charge in [0.05, 0.1) is 17.5 Å². The molecule has 1 saturated carbocycles. The molecule has 5 heteroatoms. The number of hydrogen-bond acceptors (Lipinski definition) is 3. The van der Waals surface area contributed by atoms with Gasteiger partial charge in [-0.05, 0) is 54.0 Å². The van der Waals surface area contributed by atoms with Crippen LogP contribution in [0.1, 0.15) is 27.9 Å². The first-order chi connectivity index (χ1) is 14.6. The highest BCUT2D eigenvalue weighted by molar-refractivity contribution is 6.23. The van der Waals surface area contributed by atoms with Gasteiger partial charge in [0.25, 0.3) is 5.91 Å². The van der Waals surface area contributed by atoms with E-state index < -0.39 is 0 Å². The zero-order valence-corrected chi connectivity index (χ0v) is 16.5. The highest BCUT2D eigenvalue weighted by Gasteiger charge is 2.59. The summed E-state index contributed by atoms with van der Waals surface area (Å²) in [5.74, 6) is -0.389. The lowest BCUT2D eigenvalue weighted by Crippen LogP contribution is -2.36. The molecular weight excluding hydrogens is 376 g/mol. The molecule has 0 radical (unpaired) electrons. The molecule has 4 atom stereocenters. The van der Waals surface area contributed by atoms with Crippen LogP contribution in [0.2, 0.25) is 0 Å². The van der Waals surface area contributed by atoms with Crippen LogP contribution in [0.3, 0.4) is 0 Å². The van der Waals surface area contributed by atoms with Crippen LogP contribution in [0.4, 0.5) is 5.69 Å². The molecule has 2 aromatic rings. The zero-order chi connectivity index (χ0) is 20.4. The molecule has 150 valence electrons. The van der Waals surface area contributed by atoms with Gasteiger partial charge in [0.2, 0.25) is 11.8 Å². The molecule has 1 saturated heterocycles. The van der Waals surface area contributed by atoms with Crippen molar-refractivity contribution in [3.8, 4) is 0 Å². The Morgan fingerprint density at radius 1 is 0.867 bits per heavy atom. The first-order valence-electron chi connectivity index (χ1n) is 10.6. The highest BCUT2D eigenvalue weighted by atomic mass is 16.2. The van der Waals surface area contributed by atoms with E-state index in [0.717, 1.165) is 12.8 Å². The van der Waals surface area contributed by atoms with Crippen LogP contribution >= 0.6 is 0 Å². The predicted octanol–water partition coefficient (Wildman–Crippen LogP) is 3.20. The van der Waals surface area contributed by atoms with Gasteiger partial charge in [-0.3, -0.25) is 14.4 Å². The lowest BCUT2D eigenvalue weighted by molar-refractivity contribution is -0.123. The predicted molar refractivity (Wildman–Crippen MR) is 112 cm³/mol. The second-order valence-corrected chi connectivity index (χ2v) is 8.81. The summed E-state index contributed by atoms with van der Waals surface area (Å²) in [5.41, 5.74) is 3.50. The van der Waals surface area contributed by atoms with Crippen molar-refractivity contribution in [2.75, 3.05) is 11.4 Å². The molecule has 30 heavy (non-hydrogen) atoms. The number of amides is 3. The molecule has 0 unspecified atom stereocenters. The minimum absolute atomic E-state index is 0.0626. The van der Waals surface area contributed by atoms with E-state index in [9.17, 15) is 14.4 Å². The number of fused-ring (bicyclic) bond motifs is 6. The van der Waals surface area contributed by atoms with E-state index in [-0.39, 0.29) is 41.4 Å². The summed E-state index contributed by atoms with van der Waals surface area (Å²) < 4.78 is 0. The van der Waals surface area contributed by atoms with Crippen molar-refractivity contribution < 1.29 is 14.4 Å². The standard InChI is InChI=1S/C25H22N2O3/c28-23(26-11-10-15-4-1-2-5-19(15)14-26)18-6-3-7-20(13-18)27-24(29)21-16-8-9-17(12-16)22(21)25(27)30/h1-9,13,16-17,21-22H,10-12,14H2/t16-,17-,21-,22+/m0/s1. The van der Waals surface area contributed by atoms with E-state index in [4.69, 9.17) is 0 Å². The molecular formula is C25H22N2O3. The summed E-state index contributed by atoms with van der Waals surface area (Å²) >= 11 is 0. The first kappa shape index (κ1) is 17.6. The second-order valence-electron chi connectivity index (χ2n) is 8.81. The minimum Gasteiger partial charge on any atom is -0.334 e. The first-order valence-corrected chi connectivity index (χ1v) is 10.6. The maximum atomic E-state index is 13.2. The van der Waals surface area contributed by atoms with Crippen LogP contribution in [-0.2, 0) is 22.6 Å². The van der Waals surface area contributed by atoms with Crippen LogP contribution in [0.15, 0.2) is 60.7 Å². The zero-order valence-electron chi connectivity index (χ0n) is 16.5. The number of benzene rings is 2. The molecule has 0 spiro atoms. The molecule has 2 aliphatic carbocycles. The molecule has 0 aromatic heterocycles. The van der Waals surface area contributed by atoms with E-state index in [1.165, 1.54) is 16.0 Å². The Kier molecular flexibility index (Phi) is 3.76. The molecule has 0 N–H and O–H groups in total. The molecule has 2 heterocycles. The van der Waals surface area contributed by atoms with Crippen LogP contribution in [-0.4, -0.2) is 29.2 Å². The van der Waals surface area contributed by atoms with Gasteiger partial charge < -0.3 is 4.90 Å². The summed E-state index contributed by atoms with van der Waals surface area (Å²) in [6.07, 6.45) is 5.93. The molecule has 3 amide bonds. The van der Waals surface area contributed by atoms with E-state index >= 15 is 0 Å². The van der Waals surface area contributed by atoms with Gasteiger partial charge in [-0.25, -0.2) is 4.90 Å². The Labute approximate surface area is 175 Å². The van der Waals surface area contributed by atoms with Crippen LogP contribution in [0, 0.1) is 23.7 Å². The maximum absolute atomic E-state index is 13.2. The fraction of sp³-hybridized carbons (Fsp3) is 0.320. The minimum atomic E-state index is -0.231. The lowest BCUT2D eigenvalue weighted by Gasteiger charge is -2.29. The fourth-order valence-electron chi connectivity index (χ4n) is 5.79. The van der Waals surface area contributed by atoms with Crippen molar-refractivity contribution in [3.63, 3.8) is 0 Å². The molecule has 4 aliphatic rings. The Hall–Kier alpha value is -3.21. The maximum Gasteiger partial charge on any atom is 0.254 e. The monoisotopic (exact) mass is 398 g/mol. The molecule has 2 aliphatic heterocycles. The number of carbonyl (C=O) groups is 3. The summed E-state index contributed by atoms with van der Waals surface area (Å²) in [5, 5.41) is 0. The number of carbonyl (C=O) groups excluding carboxylic acids is 3. The van der Waals surface area contributed by atoms with Gasteiger partial charge in [0.1, 0.15) is 0 Å². The summed E-state index contributed by atoms with van der Waals surface area (Å²) in [6.45, 7) is 1.25. The van der Waals surface area contributed by atoms with Gasteiger partial charge >= 0.3 is 0 Å². The largest absolute Gasteiger partial charge is 0.334 e. The van der Waals surface area contributed by atoms with Gasteiger partial charge in [-0.1, -0.05) is 42.5 Å². The molecule has 2 fully saturated rings. The fourth-order valence-corrected chi connectivity index (χ4v) is 5.79. The van der Waals surface area contributed by atoms with E-state index in [1.54, 1.807) is 24.3 Å². The quantitative estimate of drug-likeness (QED) is 0.577. The average molecular weight is 398 g/mol. The third kappa shape index (κ3) is 2.44.